The van der Waals surface area contributed by atoms with E-state index in [4.69, 9.17) is 44.9 Å². The molecular formula is C36H76O12Si4. The SMILES string of the molecule is CO[C@@H]1O[C@@H]2CO[Si](C(C)C)(C(C)C)O[Si](C(C)C)(C(C)C)O[C@H]2[C@@H]1O.CO[C@H]1O[C@@H]2CO[Si](C(C)C)(C(C)C)O[Si](C(C)C)(C(C)C)O[C@H]2[C@@H]1O. The van der Waals surface area contributed by atoms with E-state index in [-0.39, 0.29) is 56.5 Å². The van der Waals surface area contributed by atoms with Gasteiger partial charge >= 0.3 is 34.2 Å². The second-order valence-electron chi connectivity index (χ2n) is 17.7. The second-order valence-corrected chi connectivity index (χ2v) is 35.3. The van der Waals surface area contributed by atoms with Crippen LogP contribution in [0.1, 0.15) is 111 Å². The summed E-state index contributed by atoms with van der Waals surface area (Å²) in [6, 6.07) is 0. The number of ether oxygens (including phenoxy) is 4. The van der Waals surface area contributed by atoms with E-state index in [9.17, 15) is 10.2 Å². The van der Waals surface area contributed by atoms with Gasteiger partial charge in [0.25, 0.3) is 0 Å². The van der Waals surface area contributed by atoms with Crippen LogP contribution in [0.15, 0.2) is 0 Å². The van der Waals surface area contributed by atoms with Crippen molar-refractivity contribution in [3.8, 4) is 0 Å². The Morgan fingerprint density at radius 1 is 0.442 bits per heavy atom. The van der Waals surface area contributed by atoms with Crippen LogP contribution in [0.4, 0.5) is 0 Å². The summed E-state index contributed by atoms with van der Waals surface area (Å²) >= 11 is 0. The molecule has 308 valence electrons. The molecule has 0 aromatic heterocycles. The van der Waals surface area contributed by atoms with Crippen molar-refractivity contribution >= 4 is 34.2 Å². The molecule has 0 radical (unpaired) electrons. The zero-order valence-corrected chi connectivity index (χ0v) is 39.6. The molecule has 0 amide bonds. The van der Waals surface area contributed by atoms with Crippen molar-refractivity contribution in [2.24, 2.45) is 0 Å². The Kier molecular flexibility index (Phi) is 16.5. The van der Waals surface area contributed by atoms with Crippen LogP contribution < -0.4 is 0 Å². The minimum Gasteiger partial charge on any atom is -0.414 e. The number of fused-ring (bicyclic) bond motifs is 2. The molecule has 0 spiro atoms. The number of rotatable bonds is 10. The lowest BCUT2D eigenvalue weighted by atomic mass is 10.1. The van der Waals surface area contributed by atoms with Gasteiger partial charge in [-0.3, -0.25) is 0 Å². The topological polar surface area (TPSA) is 133 Å². The van der Waals surface area contributed by atoms with E-state index in [1.165, 1.54) is 0 Å². The molecule has 4 rings (SSSR count). The number of aliphatic hydroxyl groups excluding tert-OH is 2. The lowest BCUT2D eigenvalue weighted by Crippen LogP contribution is -2.65. The highest BCUT2D eigenvalue weighted by atomic mass is 28.5. The van der Waals surface area contributed by atoms with Gasteiger partial charge in [0, 0.05) is 14.2 Å². The summed E-state index contributed by atoms with van der Waals surface area (Å²) in [6.07, 6.45) is -4.70. The zero-order valence-electron chi connectivity index (χ0n) is 35.6. The summed E-state index contributed by atoms with van der Waals surface area (Å²) in [5.41, 5.74) is 2.05. The van der Waals surface area contributed by atoms with Gasteiger partial charge in [-0.05, 0) is 44.3 Å². The van der Waals surface area contributed by atoms with E-state index in [1.54, 1.807) is 14.2 Å². The second kappa shape index (κ2) is 18.3. The molecule has 4 saturated heterocycles. The van der Waals surface area contributed by atoms with E-state index >= 15 is 0 Å². The smallest absolute Gasteiger partial charge is 0.335 e. The predicted molar refractivity (Wildman–Crippen MR) is 211 cm³/mol. The van der Waals surface area contributed by atoms with Gasteiger partial charge in [-0.2, -0.15) is 0 Å². The lowest BCUT2D eigenvalue weighted by Gasteiger charge is -2.51. The lowest BCUT2D eigenvalue weighted by molar-refractivity contribution is -0.153. The Labute approximate surface area is 320 Å². The summed E-state index contributed by atoms with van der Waals surface area (Å²) in [7, 11) is -7.46. The molecule has 4 aliphatic heterocycles. The summed E-state index contributed by atoms with van der Waals surface area (Å²) in [6.45, 7) is 35.6. The van der Waals surface area contributed by atoms with E-state index in [1.807, 2.05) is 0 Å². The first-order valence-corrected chi connectivity index (χ1v) is 27.7. The Balaban J connectivity index is 0.000000280. The van der Waals surface area contributed by atoms with Crippen LogP contribution in [0, 0.1) is 0 Å². The van der Waals surface area contributed by atoms with Crippen molar-refractivity contribution in [2.75, 3.05) is 27.4 Å². The number of hydrogen-bond acceptors (Lipinski definition) is 12. The third-order valence-electron chi connectivity index (χ3n) is 11.7. The molecular weight excluding hydrogens is 737 g/mol. The molecule has 0 aromatic rings. The average Bonchev–Trinajstić information content (AvgIpc) is 3.49. The molecule has 4 aliphatic rings. The molecule has 12 nitrogen and oxygen atoms in total. The Morgan fingerprint density at radius 2 is 0.692 bits per heavy atom. The summed E-state index contributed by atoms with van der Waals surface area (Å²) < 4.78 is 63.3. The van der Waals surface area contributed by atoms with E-state index in [0.717, 1.165) is 0 Å². The van der Waals surface area contributed by atoms with Crippen molar-refractivity contribution < 1.29 is 55.1 Å². The van der Waals surface area contributed by atoms with E-state index < -0.39 is 71.2 Å². The van der Waals surface area contributed by atoms with Crippen LogP contribution in [0.2, 0.25) is 44.3 Å². The minimum absolute atomic E-state index is 0.225. The zero-order chi connectivity index (χ0) is 39.7. The summed E-state index contributed by atoms with van der Waals surface area (Å²) in [4.78, 5) is 0. The van der Waals surface area contributed by atoms with Crippen LogP contribution in [-0.2, 0) is 44.9 Å². The van der Waals surface area contributed by atoms with Gasteiger partial charge in [0.15, 0.2) is 12.6 Å². The first-order valence-electron chi connectivity index (χ1n) is 19.8. The molecule has 0 bridgehead atoms. The van der Waals surface area contributed by atoms with Gasteiger partial charge in [-0.25, -0.2) is 0 Å². The molecule has 0 unspecified atom stereocenters. The first-order chi connectivity index (χ1) is 24.0. The summed E-state index contributed by atoms with van der Waals surface area (Å²) in [5.74, 6) is 0. The Hall–Kier alpha value is 0.388. The van der Waals surface area contributed by atoms with Crippen molar-refractivity contribution in [1.82, 2.24) is 0 Å². The fraction of sp³-hybridized carbons (Fsp3) is 1.00. The standard InChI is InChI=1S/2C18H38O6Si2/c2*1-11(2)25(12(3)4)21-10-15-17(16(19)18(20-9)22-15)23-26(24-25,13(5)6)14(7)8/h2*11-19H,10H2,1-9H3/t15-,16+,17-,18+;15-,16+,17-,18-/m11/s1. The van der Waals surface area contributed by atoms with Crippen LogP contribution in [0.3, 0.4) is 0 Å². The van der Waals surface area contributed by atoms with E-state index in [2.05, 4.69) is 111 Å². The van der Waals surface area contributed by atoms with Crippen LogP contribution in [0.5, 0.6) is 0 Å². The molecule has 0 aromatic carbocycles. The summed E-state index contributed by atoms with van der Waals surface area (Å²) in [5, 5.41) is 21.4. The van der Waals surface area contributed by atoms with E-state index in [0.29, 0.717) is 13.2 Å². The maximum absolute atomic E-state index is 10.7. The Morgan fingerprint density at radius 3 is 0.904 bits per heavy atom. The molecule has 4 fully saturated rings. The largest absolute Gasteiger partial charge is 0.414 e. The highest BCUT2D eigenvalue weighted by molar-refractivity contribution is 6.84. The molecule has 8 atom stereocenters. The number of aliphatic hydroxyl groups is 2. The van der Waals surface area contributed by atoms with Gasteiger partial charge in [-0.15, -0.1) is 0 Å². The number of methoxy groups -OCH3 is 2. The fourth-order valence-corrected chi connectivity index (χ4v) is 31.1. The van der Waals surface area contributed by atoms with Gasteiger partial charge in [0.05, 0.1) is 13.2 Å². The molecule has 0 aliphatic carbocycles. The van der Waals surface area contributed by atoms with Gasteiger partial charge < -0.3 is 55.1 Å². The average molecular weight is 813 g/mol. The van der Waals surface area contributed by atoms with Crippen molar-refractivity contribution in [3.05, 3.63) is 0 Å². The first kappa shape index (κ1) is 46.8. The van der Waals surface area contributed by atoms with Gasteiger partial charge in [0.1, 0.15) is 36.6 Å². The minimum atomic E-state index is -2.71. The maximum Gasteiger partial charge on any atom is 0.335 e. The van der Waals surface area contributed by atoms with Gasteiger partial charge in [-0.1, -0.05) is 111 Å². The highest BCUT2D eigenvalue weighted by Gasteiger charge is 2.63. The third-order valence-corrected chi connectivity index (χ3v) is 32.2. The molecule has 52 heavy (non-hydrogen) atoms. The highest BCUT2D eigenvalue weighted by Crippen LogP contribution is 2.49. The van der Waals surface area contributed by atoms with Crippen molar-refractivity contribution in [2.45, 2.75) is 204 Å². The molecule has 4 heterocycles. The van der Waals surface area contributed by atoms with Crippen LogP contribution >= 0.6 is 0 Å². The van der Waals surface area contributed by atoms with Crippen LogP contribution in [0.25, 0.3) is 0 Å². The third kappa shape index (κ3) is 8.77. The van der Waals surface area contributed by atoms with Crippen molar-refractivity contribution in [3.63, 3.8) is 0 Å². The fourth-order valence-electron chi connectivity index (χ4n) is 8.64. The normalized spacial score (nSPS) is 34.4. The van der Waals surface area contributed by atoms with Gasteiger partial charge in [0.2, 0.25) is 0 Å². The Bertz CT molecular complexity index is 993. The van der Waals surface area contributed by atoms with Crippen molar-refractivity contribution in [1.29, 1.82) is 0 Å². The number of hydrogen-bond donors (Lipinski definition) is 2. The molecule has 0 saturated carbocycles. The molecule has 2 N–H and O–H groups in total. The predicted octanol–water partition coefficient (Wildman–Crippen LogP) is 7.35. The maximum atomic E-state index is 10.7. The van der Waals surface area contributed by atoms with Crippen LogP contribution in [-0.4, -0.2) is 121 Å². The molecule has 16 heteroatoms. The monoisotopic (exact) mass is 812 g/mol. The quantitative estimate of drug-likeness (QED) is 0.214.